The van der Waals surface area contributed by atoms with Gasteiger partial charge >= 0.3 is 0 Å². The zero-order valence-corrected chi connectivity index (χ0v) is 9.36. The predicted molar refractivity (Wildman–Crippen MR) is 58.2 cm³/mol. The summed E-state index contributed by atoms with van der Waals surface area (Å²) in [5.74, 6) is 1.23. The van der Waals surface area contributed by atoms with Crippen LogP contribution in [0, 0.1) is 0 Å². The highest BCUT2D eigenvalue weighted by atomic mass is 16.6. The van der Waals surface area contributed by atoms with Gasteiger partial charge in [0.05, 0.1) is 13.7 Å². The van der Waals surface area contributed by atoms with Gasteiger partial charge in [0.1, 0.15) is 12.7 Å². The number of hydrogen-bond donors (Lipinski definition) is 0. The van der Waals surface area contributed by atoms with Crippen molar-refractivity contribution in [1.82, 2.24) is 0 Å². The average Bonchev–Trinajstić information content (AvgIpc) is 3.09. The van der Waals surface area contributed by atoms with E-state index in [9.17, 15) is 4.79 Å². The summed E-state index contributed by atoms with van der Waals surface area (Å²) in [4.78, 5) is 11.2. The number of carbonyl (C=O) groups excluding carboxylic acids is 1. The summed E-state index contributed by atoms with van der Waals surface area (Å²) in [6, 6.07) is 5.16. The Morgan fingerprint density at radius 2 is 2.25 bits per heavy atom. The molecule has 4 nitrogen and oxygen atoms in total. The number of ketones is 1. The molecule has 1 heterocycles. The normalized spacial score (nSPS) is 18.0. The molecule has 0 saturated carbocycles. The van der Waals surface area contributed by atoms with Crippen LogP contribution in [0.1, 0.15) is 17.3 Å². The summed E-state index contributed by atoms with van der Waals surface area (Å²) in [7, 11) is 1.56. The second kappa shape index (κ2) is 4.53. The molecule has 1 saturated heterocycles. The third kappa shape index (κ3) is 2.52. The SMILES string of the molecule is COc1cc(C(C)=O)ccc1OCC1CO1. The van der Waals surface area contributed by atoms with Crippen molar-refractivity contribution in [2.75, 3.05) is 20.3 Å². The summed E-state index contributed by atoms with van der Waals surface area (Å²) in [6.07, 6.45) is 0.206. The van der Waals surface area contributed by atoms with Crippen molar-refractivity contribution >= 4 is 5.78 Å². The third-order valence-corrected chi connectivity index (χ3v) is 2.40. The van der Waals surface area contributed by atoms with E-state index in [2.05, 4.69) is 0 Å². The van der Waals surface area contributed by atoms with Gasteiger partial charge in [0.15, 0.2) is 17.3 Å². The standard InChI is InChI=1S/C12H14O4/c1-8(13)9-3-4-11(12(5-9)14-2)16-7-10-6-15-10/h3-5,10H,6-7H2,1-2H3. The summed E-state index contributed by atoms with van der Waals surface area (Å²) >= 11 is 0. The number of hydrogen-bond acceptors (Lipinski definition) is 4. The first-order chi connectivity index (χ1) is 7.70. The summed E-state index contributed by atoms with van der Waals surface area (Å²) < 4.78 is 15.7. The molecule has 0 aliphatic carbocycles. The molecule has 0 amide bonds. The van der Waals surface area contributed by atoms with E-state index in [1.807, 2.05) is 0 Å². The van der Waals surface area contributed by atoms with Crippen LogP contribution in [-0.4, -0.2) is 32.2 Å². The molecule has 1 atom stereocenters. The van der Waals surface area contributed by atoms with E-state index in [4.69, 9.17) is 14.2 Å². The van der Waals surface area contributed by atoms with E-state index in [1.54, 1.807) is 25.3 Å². The van der Waals surface area contributed by atoms with Crippen LogP contribution in [-0.2, 0) is 4.74 Å². The molecule has 0 spiro atoms. The average molecular weight is 222 g/mol. The fourth-order valence-electron chi connectivity index (χ4n) is 1.35. The van der Waals surface area contributed by atoms with E-state index in [0.717, 1.165) is 6.61 Å². The molecule has 0 N–H and O–H groups in total. The van der Waals surface area contributed by atoms with Gasteiger partial charge < -0.3 is 14.2 Å². The zero-order valence-electron chi connectivity index (χ0n) is 9.36. The minimum Gasteiger partial charge on any atom is -0.493 e. The van der Waals surface area contributed by atoms with Gasteiger partial charge in [-0.15, -0.1) is 0 Å². The molecule has 1 aliphatic rings. The van der Waals surface area contributed by atoms with Crippen molar-refractivity contribution in [3.63, 3.8) is 0 Å². The number of ether oxygens (including phenoxy) is 3. The quantitative estimate of drug-likeness (QED) is 0.561. The van der Waals surface area contributed by atoms with Crippen LogP contribution in [0.3, 0.4) is 0 Å². The van der Waals surface area contributed by atoms with Crippen LogP contribution < -0.4 is 9.47 Å². The lowest BCUT2D eigenvalue weighted by molar-refractivity contribution is 0.101. The second-order valence-electron chi connectivity index (χ2n) is 3.69. The van der Waals surface area contributed by atoms with Gasteiger partial charge in [-0.3, -0.25) is 4.79 Å². The second-order valence-corrected chi connectivity index (χ2v) is 3.69. The number of methoxy groups -OCH3 is 1. The molecule has 1 aromatic carbocycles. The molecule has 86 valence electrons. The van der Waals surface area contributed by atoms with Crippen molar-refractivity contribution in [2.45, 2.75) is 13.0 Å². The van der Waals surface area contributed by atoms with Crippen molar-refractivity contribution in [3.8, 4) is 11.5 Å². The van der Waals surface area contributed by atoms with Gasteiger partial charge in [-0.05, 0) is 25.1 Å². The fraction of sp³-hybridized carbons (Fsp3) is 0.417. The summed E-state index contributed by atoms with van der Waals surface area (Å²) in [5.41, 5.74) is 0.617. The maximum atomic E-state index is 11.2. The van der Waals surface area contributed by atoms with Crippen LogP contribution in [0.4, 0.5) is 0 Å². The van der Waals surface area contributed by atoms with Crippen LogP contribution in [0.25, 0.3) is 0 Å². The Kier molecular flexibility index (Phi) is 3.10. The van der Waals surface area contributed by atoms with Gasteiger partial charge in [-0.25, -0.2) is 0 Å². The number of rotatable bonds is 5. The first-order valence-electron chi connectivity index (χ1n) is 5.14. The van der Waals surface area contributed by atoms with Crippen LogP contribution in [0.2, 0.25) is 0 Å². The van der Waals surface area contributed by atoms with Gasteiger partial charge in [-0.2, -0.15) is 0 Å². The lowest BCUT2D eigenvalue weighted by Gasteiger charge is -2.10. The molecule has 0 radical (unpaired) electrons. The Bertz CT molecular complexity index is 396. The molecule has 1 fully saturated rings. The van der Waals surface area contributed by atoms with Crippen molar-refractivity contribution in [3.05, 3.63) is 23.8 Å². The molecule has 4 heteroatoms. The maximum absolute atomic E-state index is 11.2. The smallest absolute Gasteiger partial charge is 0.161 e. The van der Waals surface area contributed by atoms with E-state index >= 15 is 0 Å². The van der Waals surface area contributed by atoms with E-state index in [-0.39, 0.29) is 11.9 Å². The van der Waals surface area contributed by atoms with Crippen molar-refractivity contribution in [1.29, 1.82) is 0 Å². The highest BCUT2D eigenvalue weighted by molar-refractivity contribution is 5.94. The molecule has 1 unspecified atom stereocenters. The van der Waals surface area contributed by atoms with Gasteiger partial charge in [0.25, 0.3) is 0 Å². The largest absolute Gasteiger partial charge is 0.493 e. The number of benzene rings is 1. The Balaban J connectivity index is 2.12. The minimum atomic E-state index is 0.00961. The predicted octanol–water partition coefficient (Wildman–Crippen LogP) is 1.68. The first kappa shape index (κ1) is 11.0. The highest BCUT2D eigenvalue weighted by Crippen LogP contribution is 2.29. The topological polar surface area (TPSA) is 48.1 Å². The lowest BCUT2D eigenvalue weighted by Crippen LogP contribution is -2.05. The first-order valence-corrected chi connectivity index (χ1v) is 5.14. The molecule has 2 rings (SSSR count). The van der Waals surface area contributed by atoms with Crippen LogP contribution >= 0.6 is 0 Å². The molecule has 1 aromatic rings. The van der Waals surface area contributed by atoms with E-state index in [0.29, 0.717) is 23.7 Å². The Morgan fingerprint density at radius 3 is 2.81 bits per heavy atom. The minimum absolute atomic E-state index is 0.00961. The number of carbonyl (C=O) groups is 1. The van der Waals surface area contributed by atoms with Gasteiger partial charge in [0, 0.05) is 5.56 Å². The van der Waals surface area contributed by atoms with Crippen molar-refractivity contribution in [2.24, 2.45) is 0 Å². The van der Waals surface area contributed by atoms with Gasteiger partial charge in [-0.1, -0.05) is 0 Å². The van der Waals surface area contributed by atoms with Gasteiger partial charge in [0.2, 0.25) is 0 Å². The molecular weight excluding hydrogens is 208 g/mol. The van der Waals surface area contributed by atoms with E-state index < -0.39 is 0 Å². The van der Waals surface area contributed by atoms with Crippen molar-refractivity contribution < 1.29 is 19.0 Å². The molecular formula is C12H14O4. The maximum Gasteiger partial charge on any atom is 0.161 e. The lowest BCUT2D eigenvalue weighted by atomic mass is 10.1. The Morgan fingerprint density at radius 1 is 1.50 bits per heavy atom. The summed E-state index contributed by atoms with van der Waals surface area (Å²) in [5, 5.41) is 0. The Hall–Kier alpha value is -1.55. The van der Waals surface area contributed by atoms with Crippen LogP contribution in [0.5, 0.6) is 11.5 Å². The van der Waals surface area contributed by atoms with E-state index in [1.165, 1.54) is 6.92 Å². The third-order valence-electron chi connectivity index (χ3n) is 2.40. The summed E-state index contributed by atoms with van der Waals surface area (Å²) in [6.45, 7) is 2.80. The Labute approximate surface area is 94.1 Å². The fourth-order valence-corrected chi connectivity index (χ4v) is 1.35. The van der Waals surface area contributed by atoms with Crippen LogP contribution in [0.15, 0.2) is 18.2 Å². The number of Topliss-reactive ketones (excluding diaryl/α,β-unsaturated/α-hetero) is 1. The number of epoxide rings is 1. The zero-order chi connectivity index (χ0) is 11.5. The molecule has 1 aliphatic heterocycles. The highest BCUT2D eigenvalue weighted by Gasteiger charge is 2.23. The molecule has 0 aromatic heterocycles. The molecule has 0 bridgehead atoms. The monoisotopic (exact) mass is 222 g/mol. The molecule has 16 heavy (non-hydrogen) atoms.